The van der Waals surface area contributed by atoms with Crippen molar-refractivity contribution in [1.82, 2.24) is 10.2 Å². The van der Waals surface area contributed by atoms with E-state index in [1.807, 2.05) is 6.08 Å². The van der Waals surface area contributed by atoms with Crippen LogP contribution in [0.1, 0.15) is 24.4 Å². The standard InChI is InChI=1S/C15H20ClFN2O.2ClH/c1-2-3-4-13(19-9-7-18-8-10-19)11-5-6-12(17)14(16)15(11)20;;/h2,5-6,13,18,20H,1,3-4,7-10H2;2*1H/t13-;;/m1../s1. The summed E-state index contributed by atoms with van der Waals surface area (Å²) < 4.78 is 13.4. The Morgan fingerprint density at radius 1 is 1.36 bits per heavy atom. The number of aromatic hydroxyl groups is 1. The molecule has 7 heteroatoms. The van der Waals surface area contributed by atoms with E-state index in [1.54, 1.807) is 6.07 Å². The minimum absolute atomic E-state index is 0. The summed E-state index contributed by atoms with van der Waals surface area (Å²) in [5, 5.41) is 13.2. The number of nitrogens with one attached hydrogen (secondary N) is 1. The number of allylic oxidation sites excluding steroid dienone is 1. The van der Waals surface area contributed by atoms with Crippen LogP contribution < -0.4 is 5.32 Å². The Labute approximate surface area is 148 Å². The van der Waals surface area contributed by atoms with E-state index in [-0.39, 0.29) is 41.6 Å². The highest BCUT2D eigenvalue weighted by Crippen LogP contribution is 2.38. The lowest BCUT2D eigenvalue weighted by Crippen LogP contribution is -2.45. The Hall–Kier alpha value is -0.520. The SMILES string of the molecule is C=CCC[C@H](c1ccc(F)c(Cl)c1O)N1CCNCC1.Cl.Cl. The molecule has 1 saturated heterocycles. The summed E-state index contributed by atoms with van der Waals surface area (Å²) in [6, 6.07) is 2.99. The van der Waals surface area contributed by atoms with Gasteiger partial charge >= 0.3 is 0 Å². The Morgan fingerprint density at radius 2 is 2.00 bits per heavy atom. The Balaban J connectivity index is 0.00000220. The van der Waals surface area contributed by atoms with Gasteiger partial charge in [0.1, 0.15) is 16.6 Å². The second-order valence-corrected chi connectivity index (χ2v) is 5.34. The molecule has 2 rings (SSSR count). The predicted octanol–water partition coefficient (Wildman–Crippen LogP) is 3.94. The van der Waals surface area contributed by atoms with Crippen molar-refractivity contribution in [3.8, 4) is 5.75 Å². The summed E-state index contributed by atoms with van der Waals surface area (Å²) >= 11 is 5.82. The van der Waals surface area contributed by atoms with Crippen molar-refractivity contribution in [2.75, 3.05) is 26.2 Å². The van der Waals surface area contributed by atoms with E-state index in [2.05, 4.69) is 16.8 Å². The molecule has 0 radical (unpaired) electrons. The monoisotopic (exact) mass is 370 g/mol. The third-order valence-electron chi connectivity index (χ3n) is 3.70. The third-order valence-corrected chi connectivity index (χ3v) is 4.06. The van der Waals surface area contributed by atoms with Crippen molar-refractivity contribution < 1.29 is 9.50 Å². The molecule has 0 bridgehead atoms. The van der Waals surface area contributed by atoms with Crippen LogP contribution in [0.4, 0.5) is 4.39 Å². The number of piperazine rings is 1. The smallest absolute Gasteiger partial charge is 0.145 e. The second-order valence-electron chi connectivity index (χ2n) is 4.97. The molecule has 0 aliphatic carbocycles. The lowest BCUT2D eigenvalue weighted by Gasteiger charge is -2.35. The van der Waals surface area contributed by atoms with Gasteiger partial charge in [0.15, 0.2) is 0 Å². The van der Waals surface area contributed by atoms with Crippen molar-refractivity contribution in [2.45, 2.75) is 18.9 Å². The molecule has 1 atom stereocenters. The zero-order valence-electron chi connectivity index (χ0n) is 12.2. The first kappa shape index (κ1) is 21.5. The first-order valence-electron chi connectivity index (χ1n) is 6.87. The normalized spacial score (nSPS) is 16.3. The zero-order valence-corrected chi connectivity index (χ0v) is 14.6. The van der Waals surface area contributed by atoms with E-state index in [0.717, 1.165) is 39.0 Å². The number of phenolic OH excluding ortho intramolecular Hbond substituents is 1. The molecule has 1 aliphatic heterocycles. The van der Waals surface area contributed by atoms with Crippen LogP contribution in [0.3, 0.4) is 0 Å². The highest BCUT2D eigenvalue weighted by Gasteiger charge is 2.25. The van der Waals surface area contributed by atoms with Gasteiger partial charge < -0.3 is 10.4 Å². The number of phenols is 1. The molecule has 22 heavy (non-hydrogen) atoms. The molecule has 1 aliphatic rings. The largest absolute Gasteiger partial charge is 0.506 e. The molecule has 1 aromatic carbocycles. The summed E-state index contributed by atoms with van der Waals surface area (Å²) in [7, 11) is 0. The predicted molar refractivity (Wildman–Crippen MR) is 94.2 cm³/mol. The molecule has 126 valence electrons. The first-order valence-corrected chi connectivity index (χ1v) is 7.25. The first-order chi connectivity index (χ1) is 9.65. The lowest BCUT2D eigenvalue weighted by atomic mass is 9.98. The summed E-state index contributed by atoms with van der Waals surface area (Å²) in [6.45, 7) is 7.38. The number of hydrogen-bond donors (Lipinski definition) is 2. The van der Waals surface area contributed by atoms with Crippen LogP contribution in [-0.2, 0) is 0 Å². The maximum absolute atomic E-state index is 13.4. The van der Waals surface area contributed by atoms with Gasteiger partial charge in [-0.15, -0.1) is 31.4 Å². The van der Waals surface area contributed by atoms with Gasteiger partial charge in [0, 0.05) is 37.8 Å². The number of benzene rings is 1. The maximum atomic E-state index is 13.4. The van der Waals surface area contributed by atoms with Crippen LogP contribution in [0.25, 0.3) is 0 Å². The van der Waals surface area contributed by atoms with Crippen LogP contribution in [0.2, 0.25) is 5.02 Å². The van der Waals surface area contributed by atoms with Gasteiger partial charge in [-0.25, -0.2) is 4.39 Å². The molecular formula is C15H22Cl3FN2O. The van der Waals surface area contributed by atoms with Crippen LogP contribution in [0.5, 0.6) is 5.75 Å². The number of hydrogen-bond acceptors (Lipinski definition) is 3. The van der Waals surface area contributed by atoms with Gasteiger partial charge in [-0.2, -0.15) is 0 Å². The molecule has 0 unspecified atom stereocenters. The number of nitrogens with zero attached hydrogens (tertiary/aromatic N) is 1. The molecule has 3 nitrogen and oxygen atoms in total. The molecule has 0 amide bonds. The fourth-order valence-electron chi connectivity index (χ4n) is 2.63. The van der Waals surface area contributed by atoms with Crippen molar-refractivity contribution in [3.05, 3.63) is 41.2 Å². The summed E-state index contributed by atoms with van der Waals surface area (Å²) in [6.07, 6.45) is 3.53. The molecule has 0 aromatic heterocycles. The summed E-state index contributed by atoms with van der Waals surface area (Å²) in [5.41, 5.74) is 0.695. The molecular weight excluding hydrogens is 350 g/mol. The van der Waals surface area contributed by atoms with Crippen molar-refractivity contribution in [3.63, 3.8) is 0 Å². The molecule has 1 heterocycles. The highest BCUT2D eigenvalue weighted by molar-refractivity contribution is 6.32. The fourth-order valence-corrected chi connectivity index (χ4v) is 2.80. The van der Waals surface area contributed by atoms with E-state index >= 15 is 0 Å². The van der Waals surface area contributed by atoms with Crippen molar-refractivity contribution in [1.29, 1.82) is 0 Å². The molecule has 0 spiro atoms. The van der Waals surface area contributed by atoms with Gasteiger partial charge in [-0.1, -0.05) is 23.7 Å². The number of halogens is 4. The third kappa shape index (κ3) is 5.00. The zero-order chi connectivity index (χ0) is 14.5. The van der Waals surface area contributed by atoms with E-state index in [9.17, 15) is 9.50 Å². The van der Waals surface area contributed by atoms with E-state index in [4.69, 9.17) is 11.6 Å². The minimum atomic E-state index is -0.587. The average molecular weight is 372 g/mol. The Bertz CT molecular complexity index is 482. The highest BCUT2D eigenvalue weighted by atomic mass is 35.5. The van der Waals surface area contributed by atoms with Crippen LogP contribution >= 0.6 is 36.4 Å². The van der Waals surface area contributed by atoms with Crippen LogP contribution in [0, 0.1) is 5.82 Å². The molecule has 2 N–H and O–H groups in total. The Kier molecular flexibility index (Phi) is 10.0. The number of rotatable bonds is 5. The topological polar surface area (TPSA) is 35.5 Å². The quantitative estimate of drug-likeness (QED) is 0.770. The van der Waals surface area contributed by atoms with E-state index in [1.165, 1.54) is 6.07 Å². The fraction of sp³-hybridized carbons (Fsp3) is 0.467. The van der Waals surface area contributed by atoms with Crippen molar-refractivity contribution in [2.24, 2.45) is 0 Å². The maximum Gasteiger partial charge on any atom is 0.145 e. The minimum Gasteiger partial charge on any atom is -0.506 e. The van der Waals surface area contributed by atoms with Gasteiger partial charge in [0.05, 0.1) is 0 Å². The molecule has 1 fully saturated rings. The second kappa shape index (κ2) is 10.3. The van der Waals surface area contributed by atoms with Gasteiger partial charge in [0.2, 0.25) is 0 Å². The van der Waals surface area contributed by atoms with Gasteiger partial charge in [0.25, 0.3) is 0 Å². The van der Waals surface area contributed by atoms with Gasteiger partial charge in [-0.05, 0) is 18.9 Å². The van der Waals surface area contributed by atoms with Crippen molar-refractivity contribution >= 4 is 36.4 Å². The average Bonchev–Trinajstić information content (AvgIpc) is 2.48. The van der Waals surface area contributed by atoms with E-state index in [0.29, 0.717) is 5.56 Å². The van der Waals surface area contributed by atoms with Crippen LogP contribution in [0.15, 0.2) is 24.8 Å². The lowest BCUT2D eigenvalue weighted by molar-refractivity contribution is 0.163. The Morgan fingerprint density at radius 3 is 2.59 bits per heavy atom. The molecule has 0 saturated carbocycles. The summed E-state index contributed by atoms with van der Waals surface area (Å²) in [5.74, 6) is -0.727. The molecule has 1 aromatic rings. The van der Waals surface area contributed by atoms with E-state index < -0.39 is 5.82 Å². The van der Waals surface area contributed by atoms with Crippen LogP contribution in [-0.4, -0.2) is 36.2 Å². The van der Waals surface area contributed by atoms with Gasteiger partial charge in [-0.3, -0.25) is 4.90 Å². The summed E-state index contributed by atoms with van der Waals surface area (Å²) in [4.78, 5) is 2.29.